The number of nitrogens with zero attached hydrogens (tertiary/aromatic N) is 1. The molecule has 2 rings (SSSR count). The van der Waals surface area contributed by atoms with Crippen LogP contribution < -0.4 is 5.32 Å². The number of hydrogen-bond acceptors (Lipinski definition) is 4. The standard InChI is InChI=1S/C15H17IN2O2/c1-3-7-17-14-11-8-10(16)5-6-13(11)18-9-12(14)15(19)20-4-2/h5-6,8-9H,3-4,7H2,1-2H3,(H,17,18). The molecule has 0 spiro atoms. The van der Waals surface area contributed by atoms with Gasteiger partial charge in [-0.2, -0.15) is 0 Å². The van der Waals surface area contributed by atoms with Gasteiger partial charge in [-0.3, -0.25) is 4.98 Å². The molecule has 1 aromatic carbocycles. The summed E-state index contributed by atoms with van der Waals surface area (Å²) < 4.78 is 6.22. The lowest BCUT2D eigenvalue weighted by molar-refractivity contribution is 0.0527. The third kappa shape index (κ3) is 3.20. The number of aromatic nitrogens is 1. The van der Waals surface area contributed by atoms with E-state index in [1.54, 1.807) is 13.1 Å². The number of anilines is 1. The molecule has 0 aliphatic rings. The van der Waals surface area contributed by atoms with E-state index in [2.05, 4.69) is 39.8 Å². The van der Waals surface area contributed by atoms with Crippen LogP contribution in [0, 0.1) is 3.57 Å². The summed E-state index contributed by atoms with van der Waals surface area (Å²) in [5, 5.41) is 4.28. The zero-order valence-electron chi connectivity index (χ0n) is 11.6. The second kappa shape index (κ2) is 6.88. The van der Waals surface area contributed by atoms with Crippen LogP contribution in [0.15, 0.2) is 24.4 Å². The van der Waals surface area contributed by atoms with E-state index in [9.17, 15) is 4.79 Å². The van der Waals surface area contributed by atoms with Crippen LogP contribution in [-0.4, -0.2) is 24.1 Å². The van der Waals surface area contributed by atoms with E-state index in [4.69, 9.17) is 4.74 Å². The number of nitrogens with one attached hydrogen (secondary N) is 1. The minimum atomic E-state index is -0.334. The molecule has 0 fully saturated rings. The maximum atomic E-state index is 12.1. The fourth-order valence-electron chi connectivity index (χ4n) is 1.97. The highest BCUT2D eigenvalue weighted by Crippen LogP contribution is 2.28. The Bertz CT molecular complexity index is 629. The molecule has 0 atom stereocenters. The first-order valence-corrected chi connectivity index (χ1v) is 7.74. The van der Waals surface area contributed by atoms with Gasteiger partial charge in [0.25, 0.3) is 0 Å². The van der Waals surface area contributed by atoms with E-state index in [1.807, 2.05) is 18.2 Å². The summed E-state index contributed by atoms with van der Waals surface area (Å²) in [6.07, 6.45) is 2.57. The van der Waals surface area contributed by atoms with Crippen LogP contribution in [0.4, 0.5) is 5.69 Å². The van der Waals surface area contributed by atoms with Crippen LogP contribution in [0.3, 0.4) is 0 Å². The van der Waals surface area contributed by atoms with Crippen molar-refractivity contribution < 1.29 is 9.53 Å². The minimum absolute atomic E-state index is 0.334. The van der Waals surface area contributed by atoms with Gasteiger partial charge < -0.3 is 10.1 Å². The van der Waals surface area contributed by atoms with Crippen molar-refractivity contribution >= 4 is 45.2 Å². The van der Waals surface area contributed by atoms with Crippen molar-refractivity contribution in [3.05, 3.63) is 33.5 Å². The van der Waals surface area contributed by atoms with Gasteiger partial charge in [0.1, 0.15) is 5.56 Å². The van der Waals surface area contributed by atoms with Crippen LogP contribution in [0.5, 0.6) is 0 Å². The third-order valence-electron chi connectivity index (χ3n) is 2.88. The van der Waals surface area contributed by atoms with Gasteiger partial charge in [0, 0.05) is 21.7 Å². The molecule has 0 bridgehead atoms. The molecule has 0 radical (unpaired) electrons. The maximum Gasteiger partial charge on any atom is 0.341 e. The number of halogens is 1. The molecule has 5 heteroatoms. The molecule has 2 aromatic rings. The number of carbonyl (C=O) groups excluding carboxylic acids is 1. The first-order valence-electron chi connectivity index (χ1n) is 6.66. The van der Waals surface area contributed by atoms with Crippen molar-refractivity contribution in [3.63, 3.8) is 0 Å². The van der Waals surface area contributed by atoms with Crippen molar-refractivity contribution in [2.75, 3.05) is 18.5 Å². The van der Waals surface area contributed by atoms with E-state index < -0.39 is 0 Å². The molecular weight excluding hydrogens is 367 g/mol. The molecule has 4 nitrogen and oxygen atoms in total. The molecule has 1 heterocycles. The van der Waals surface area contributed by atoms with E-state index in [-0.39, 0.29) is 5.97 Å². The van der Waals surface area contributed by atoms with Gasteiger partial charge >= 0.3 is 5.97 Å². The first-order chi connectivity index (χ1) is 9.67. The second-order valence-electron chi connectivity index (χ2n) is 4.36. The zero-order valence-corrected chi connectivity index (χ0v) is 13.7. The fourth-order valence-corrected chi connectivity index (χ4v) is 2.46. The normalized spacial score (nSPS) is 10.6. The lowest BCUT2D eigenvalue weighted by Gasteiger charge is -2.13. The van der Waals surface area contributed by atoms with Crippen LogP contribution in [0.1, 0.15) is 30.6 Å². The number of pyridine rings is 1. The Kier molecular flexibility index (Phi) is 5.17. The van der Waals surface area contributed by atoms with E-state index in [0.29, 0.717) is 12.2 Å². The molecule has 106 valence electrons. The van der Waals surface area contributed by atoms with Gasteiger partial charge in [-0.15, -0.1) is 0 Å². The third-order valence-corrected chi connectivity index (χ3v) is 3.55. The molecule has 0 unspecified atom stereocenters. The Balaban J connectivity index is 2.58. The van der Waals surface area contributed by atoms with Crippen molar-refractivity contribution in [3.8, 4) is 0 Å². The number of fused-ring (bicyclic) bond motifs is 1. The Morgan fingerprint density at radius 3 is 2.90 bits per heavy atom. The molecule has 1 aromatic heterocycles. The summed E-state index contributed by atoms with van der Waals surface area (Å²) >= 11 is 2.26. The van der Waals surface area contributed by atoms with Crippen LogP contribution >= 0.6 is 22.6 Å². The van der Waals surface area contributed by atoms with E-state index in [1.165, 1.54) is 0 Å². The highest BCUT2D eigenvalue weighted by Gasteiger charge is 2.16. The fraction of sp³-hybridized carbons (Fsp3) is 0.333. The van der Waals surface area contributed by atoms with Gasteiger partial charge in [-0.25, -0.2) is 4.79 Å². The summed E-state index contributed by atoms with van der Waals surface area (Å²) in [5.41, 5.74) is 2.18. The monoisotopic (exact) mass is 384 g/mol. The number of benzene rings is 1. The van der Waals surface area contributed by atoms with Crippen molar-refractivity contribution in [1.29, 1.82) is 0 Å². The molecule has 0 aliphatic carbocycles. The highest BCUT2D eigenvalue weighted by atomic mass is 127. The van der Waals surface area contributed by atoms with Crippen LogP contribution in [0.2, 0.25) is 0 Å². The van der Waals surface area contributed by atoms with Gasteiger partial charge in [0.05, 0.1) is 17.8 Å². The zero-order chi connectivity index (χ0) is 14.5. The lowest BCUT2D eigenvalue weighted by atomic mass is 10.1. The molecular formula is C15H17IN2O2. The highest BCUT2D eigenvalue weighted by molar-refractivity contribution is 14.1. The largest absolute Gasteiger partial charge is 0.462 e. The van der Waals surface area contributed by atoms with E-state index >= 15 is 0 Å². The van der Waals surface area contributed by atoms with Gasteiger partial charge in [0.15, 0.2) is 0 Å². The van der Waals surface area contributed by atoms with Crippen molar-refractivity contribution in [1.82, 2.24) is 4.98 Å². The van der Waals surface area contributed by atoms with Gasteiger partial charge in [0.2, 0.25) is 0 Å². The van der Waals surface area contributed by atoms with Crippen molar-refractivity contribution in [2.24, 2.45) is 0 Å². The summed E-state index contributed by atoms with van der Waals surface area (Å²) in [6, 6.07) is 6.00. The minimum Gasteiger partial charge on any atom is -0.462 e. The summed E-state index contributed by atoms with van der Waals surface area (Å²) in [5.74, 6) is -0.334. The van der Waals surface area contributed by atoms with E-state index in [0.717, 1.165) is 33.1 Å². The number of rotatable bonds is 5. The Hall–Kier alpha value is -1.37. The topological polar surface area (TPSA) is 51.2 Å². The maximum absolute atomic E-state index is 12.1. The summed E-state index contributed by atoms with van der Waals surface area (Å²) in [7, 11) is 0. The first kappa shape index (κ1) is 15.0. The number of hydrogen-bond donors (Lipinski definition) is 1. The lowest BCUT2D eigenvalue weighted by Crippen LogP contribution is -2.11. The Labute approximate surface area is 132 Å². The van der Waals surface area contributed by atoms with Crippen molar-refractivity contribution in [2.45, 2.75) is 20.3 Å². The quantitative estimate of drug-likeness (QED) is 0.629. The molecule has 0 saturated carbocycles. The van der Waals surface area contributed by atoms with Gasteiger partial charge in [-0.05, 0) is 54.1 Å². The smallest absolute Gasteiger partial charge is 0.341 e. The second-order valence-corrected chi connectivity index (χ2v) is 5.60. The van der Waals surface area contributed by atoms with Gasteiger partial charge in [-0.1, -0.05) is 6.92 Å². The Morgan fingerprint density at radius 1 is 1.40 bits per heavy atom. The SMILES string of the molecule is CCCNc1c(C(=O)OCC)cnc2ccc(I)cc12. The summed E-state index contributed by atoms with van der Waals surface area (Å²) in [6.45, 7) is 5.05. The number of carbonyl (C=O) groups is 1. The predicted octanol–water partition coefficient (Wildman–Crippen LogP) is 3.84. The average molecular weight is 384 g/mol. The molecule has 0 amide bonds. The number of ether oxygens (including phenoxy) is 1. The predicted molar refractivity (Wildman–Crippen MR) is 89.2 cm³/mol. The molecule has 0 aliphatic heterocycles. The molecule has 0 saturated heterocycles. The Morgan fingerprint density at radius 2 is 2.20 bits per heavy atom. The summed E-state index contributed by atoms with van der Waals surface area (Å²) in [4.78, 5) is 16.4. The van der Waals surface area contributed by atoms with Crippen LogP contribution in [-0.2, 0) is 4.74 Å². The molecule has 1 N–H and O–H groups in total. The average Bonchev–Trinajstić information content (AvgIpc) is 2.44. The van der Waals surface area contributed by atoms with Crippen LogP contribution in [0.25, 0.3) is 10.9 Å². The molecule has 20 heavy (non-hydrogen) atoms. The number of esters is 1.